The van der Waals surface area contributed by atoms with Crippen molar-refractivity contribution in [3.63, 3.8) is 0 Å². The van der Waals surface area contributed by atoms with Crippen molar-refractivity contribution in [3.05, 3.63) is 70.1 Å². The second kappa shape index (κ2) is 11.2. The van der Waals surface area contributed by atoms with E-state index in [-0.39, 0.29) is 11.7 Å². The third-order valence-electron chi connectivity index (χ3n) is 5.13. The molecule has 8 nitrogen and oxygen atoms in total. The third-order valence-corrected chi connectivity index (χ3v) is 5.13. The lowest BCUT2D eigenvalue weighted by atomic mass is 10.1. The minimum atomic E-state index is -0.248. The van der Waals surface area contributed by atoms with Crippen LogP contribution in [0.2, 0.25) is 0 Å². The fourth-order valence-corrected chi connectivity index (χ4v) is 3.45. The molecule has 0 aliphatic carbocycles. The van der Waals surface area contributed by atoms with Crippen molar-refractivity contribution >= 4 is 12.1 Å². The van der Waals surface area contributed by atoms with Crippen molar-refractivity contribution in [3.8, 4) is 0 Å². The first-order valence-corrected chi connectivity index (χ1v) is 10.8. The van der Waals surface area contributed by atoms with E-state index in [1.54, 1.807) is 27.8 Å². The molecular weight excluding hydrogens is 394 g/mol. The molecule has 0 bridgehead atoms. The van der Waals surface area contributed by atoms with Gasteiger partial charge in [0.25, 0.3) is 5.56 Å². The van der Waals surface area contributed by atoms with E-state index in [4.69, 9.17) is 9.73 Å². The SMILES string of the molecule is CCNC(=NCc1ccc(Cn2ccccc2=O)cc1)N1CCN(C(=O)OCC)CC1. The maximum absolute atomic E-state index is 11.9. The first-order valence-electron chi connectivity index (χ1n) is 10.8. The van der Waals surface area contributed by atoms with Gasteiger partial charge in [0.2, 0.25) is 0 Å². The molecular formula is C23H31N5O3. The first-order chi connectivity index (χ1) is 15.1. The van der Waals surface area contributed by atoms with Gasteiger partial charge in [-0.15, -0.1) is 0 Å². The molecule has 1 aromatic carbocycles. The molecule has 8 heteroatoms. The molecule has 0 saturated carbocycles. The number of rotatable bonds is 6. The van der Waals surface area contributed by atoms with E-state index < -0.39 is 0 Å². The Balaban J connectivity index is 1.58. The third kappa shape index (κ3) is 6.34. The van der Waals surface area contributed by atoms with Gasteiger partial charge in [0.15, 0.2) is 5.96 Å². The van der Waals surface area contributed by atoms with Crippen molar-refractivity contribution in [2.24, 2.45) is 4.99 Å². The Morgan fingerprint density at radius 3 is 2.32 bits per heavy atom. The number of nitrogens with zero attached hydrogens (tertiary/aromatic N) is 4. The largest absolute Gasteiger partial charge is 0.450 e. The summed E-state index contributed by atoms with van der Waals surface area (Å²) in [6, 6.07) is 13.4. The molecule has 2 heterocycles. The van der Waals surface area contributed by atoms with Crippen molar-refractivity contribution in [2.75, 3.05) is 39.3 Å². The molecule has 1 aliphatic rings. The molecule has 0 unspecified atom stereocenters. The maximum Gasteiger partial charge on any atom is 0.409 e. The fraction of sp³-hybridized carbons (Fsp3) is 0.435. The van der Waals surface area contributed by atoms with Gasteiger partial charge in [-0.2, -0.15) is 0 Å². The molecule has 0 spiro atoms. The average Bonchev–Trinajstić information content (AvgIpc) is 2.79. The van der Waals surface area contributed by atoms with Crippen LogP contribution in [-0.2, 0) is 17.8 Å². The van der Waals surface area contributed by atoms with Crippen LogP contribution in [0.15, 0.2) is 58.4 Å². The summed E-state index contributed by atoms with van der Waals surface area (Å²) < 4.78 is 6.77. The maximum atomic E-state index is 11.9. The zero-order valence-electron chi connectivity index (χ0n) is 18.3. The highest BCUT2D eigenvalue weighted by atomic mass is 16.6. The van der Waals surface area contributed by atoms with Crippen molar-refractivity contribution in [2.45, 2.75) is 26.9 Å². The van der Waals surface area contributed by atoms with Gasteiger partial charge < -0.3 is 24.4 Å². The highest BCUT2D eigenvalue weighted by Crippen LogP contribution is 2.09. The zero-order valence-corrected chi connectivity index (χ0v) is 18.3. The Bertz CT molecular complexity index is 931. The van der Waals surface area contributed by atoms with Crippen LogP contribution in [0, 0.1) is 0 Å². The predicted molar refractivity (Wildman–Crippen MR) is 121 cm³/mol. The van der Waals surface area contributed by atoms with Gasteiger partial charge >= 0.3 is 6.09 Å². The number of hydrogen-bond donors (Lipinski definition) is 1. The number of piperazine rings is 1. The smallest absolute Gasteiger partial charge is 0.409 e. The lowest BCUT2D eigenvalue weighted by Crippen LogP contribution is -2.53. The molecule has 1 fully saturated rings. The van der Waals surface area contributed by atoms with Crippen LogP contribution in [0.25, 0.3) is 0 Å². The van der Waals surface area contributed by atoms with E-state index in [0.717, 1.165) is 36.7 Å². The number of aliphatic imine (C=N–C) groups is 1. The summed E-state index contributed by atoms with van der Waals surface area (Å²) in [7, 11) is 0. The summed E-state index contributed by atoms with van der Waals surface area (Å²) in [4.78, 5) is 32.5. The van der Waals surface area contributed by atoms with Crippen LogP contribution in [0.3, 0.4) is 0 Å². The van der Waals surface area contributed by atoms with Gasteiger partial charge in [0, 0.05) is 45.0 Å². The summed E-state index contributed by atoms with van der Waals surface area (Å²) in [6.45, 7) is 8.83. The van der Waals surface area contributed by atoms with Crippen LogP contribution in [-0.4, -0.2) is 65.8 Å². The van der Waals surface area contributed by atoms with Gasteiger partial charge in [-0.25, -0.2) is 9.79 Å². The summed E-state index contributed by atoms with van der Waals surface area (Å²) in [5, 5.41) is 3.35. The lowest BCUT2D eigenvalue weighted by Gasteiger charge is -2.35. The van der Waals surface area contributed by atoms with E-state index in [2.05, 4.69) is 22.3 Å². The van der Waals surface area contributed by atoms with Crippen LogP contribution in [0.4, 0.5) is 4.79 Å². The molecule has 3 rings (SSSR count). The fourth-order valence-electron chi connectivity index (χ4n) is 3.45. The van der Waals surface area contributed by atoms with Crippen LogP contribution >= 0.6 is 0 Å². The second-order valence-corrected chi connectivity index (χ2v) is 7.33. The van der Waals surface area contributed by atoms with E-state index in [0.29, 0.717) is 32.8 Å². The molecule has 0 radical (unpaired) electrons. The number of nitrogens with one attached hydrogen (secondary N) is 1. The number of pyridine rings is 1. The molecule has 1 aliphatic heterocycles. The van der Waals surface area contributed by atoms with E-state index in [9.17, 15) is 9.59 Å². The topological polar surface area (TPSA) is 79.2 Å². The van der Waals surface area contributed by atoms with E-state index >= 15 is 0 Å². The minimum Gasteiger partial charge on any atom is -0.450 e. The highest BCUT2D eigenvalue weighted by molar-refractivity contribution is 5.80. The summed E-state index contributed by atoms with van der Waals surface area (Å²) in [6.07, 6.45) is 1.55. The van der Waals surface area contributed by atoms with Crippen LogP contribution < -0.4 is 10.9 Å². The van der Waals surface area contributed by atoms with Crippen LogP contribution in [0.5, 0.6) is 0 Å². The molecule has 0 atom stereocenters. The lowest BCUT2D eigenvalue weighted by molar-refractivity contribution is 0.0914. The average molecular weight is 426 g/mol. The number of carbonyl (C=O) groups is 1. The number of amides is 1. The monoisotopic (exact) mass is 425 g/mol. The molecule has 166 valence electrons. The van der Waals surface area contributed by atoms with Gasteiger partial charge in [-0.3, -0.25) is 4.79 Å². The number of benzene rings is 1. The predicted octanol–water partition coefficient (Wildman–Crippen LogP) is 2.14. The number of hydrogen-bond acceptors (Lipinski definition) is 4. The number of aromatic nitrogens is 1. The summed E-state index contributed by atoms with van der Waals surface area (Å²) in [5.74, 6) is 0.853. The standard InChI is InChI=1S/C23H31N5O3/c1-3-24-22(26-13-15-27(16-14-26)23(30)31-4-2)25-17-19-8-10-20(11-9-19)18-28-12-6-5-7-21(28)29/h5-12H,3-4,13-18H2,1-2H3,(H,24,25). The zero-order chi connectivity index (χ0) is 22.1. The number of guanidine groups is 1. The Morgan fingerprint density at radius 1 is 1.00 bits per heavy atom. The molecule has 1 saturated heterocycles. The number of carbonyl (C=O) groups excluding carboxylic acids is 1. The molecule has 31 heavy (non-hydrogen) atoms. The summed E-state index contributed by atoms with van der Waals surface area (Å²) >= 11 is 0. The van der Waals surface area contributed by atoms with Gasteiger partial charge in [-0.1, -0.05) is 30.3 Å². The van der Waals surface area contributed by atoms with Crippen LogP contribution in [0.1, 0.15) is 25.0 Å². The van der Waals surface area contributed by atoms with Gasteiger partial charge in [0.1, 0.15) is 0 Å². The number of ether oxygens (including phenoxy) is 1. The van der Waals surface area contributed by atoms with E-state index in [1.807, 2.05) is 32.0 Å². The Labute approximate surface area is 183 Å². The molecule has 1 aromatic heterocycles. The Hall–Kier alpha value is -3.29. The Kier molecular flexibility index (Phi) is 8.09. The van der Waals surface area contributed by atoms with Gasteiger partial charge in [0.05, 0.1) is 19.7 Å². The normalized spacial score (nSPS) is 14.5. The van der Waals surface area contributed by atoms with Crippen molar-refractivity contribution < 1.29 is 9.53 Å². The Morgan fingerprint density at radius 2 is 1.68 bits per heavy atom. The molecule has 1 N–H and O–H groups in total. The minimum absolute atomic E-state index is 0.00508. The second-order valence-electron chi connectivity index (χ2n) is 7.33. The molecule has 1 amide bonds. The van der Waals surface area contributed by atoms with Crippen molar-refractivity contribution in [1.29, 1.82) is 0 Å². The van der Waals surface area contributed by atoms with E-state index in [1.165, 1.54) is 0 Å². The quantitative estimate of drug-likeness (QED) is 0.567. The molecule has 2 aromatic rings. The highest BCUT2D eigenvalue weighted by Gasteiger charge is 2.23. The summed E-state index contributed by atoms with van der Waals surface area (Å²) in [5.41, 5.74) is 2.17. The van der Waals surface area contributed by atoms with Gasteiger partial charge in [-0.05, 0) is 31.0 Å². The first kappa shape index (κ1) is 22.4. The van der Waals surface area contributed by atoms with Crippen molar-refractivity contribution in [1.82, 2.24) is 19.7 Å².